The molecule has 7 nitrogen and oxygen atoms in total. The monoisotopic (exact) mass is 386 g/mol. The van der Waals surface area contributed by atoms with E-state index in [2.05, 4.69) is 17.0 Å². The molecule has 29 heavy (non-hydrogen) atoms. The SMILES string of the molecule is CCn1ccc(-c2c3c(nn2C)CN(C(=O)c2ccc4ncccc4c2)CC3)n1. The topological polar surface area (TPSA) is 68.8 Å². The normalized spacial score (nSPS) is 13.7. The second-order valence-corrected chi connectivity index (χ2v) is 7.34. The van der Waals surface area contributed by atoms with Crippen molar-refractivity contribution >= 4 is 16.8 Å². The fourth-order valence-corrected chi connectivity index (χ4v) is 4.07. The molecule has 0 radical (unpaired) electrons. The number of pyridine rings is 1. The molecule has 1 amide bonds. The van der Waals surface area contributed by atoms with Crippen molar-refractivity contribution in [2.24, 2.45) is 7.05 Å². The van der Waals surface area contributed by atoms with Crippen LogP contribution < -0.4 is 0 Å². The summed E-state index contributed by atoms with van der Waals surface area (Å²) in [5.41, 5.74) is 5.72. The van der Waals surface area contributed by atoms with E-state index in [4.69, 9.17) is 5.10 Å². The van der Waals surface area contributed by atoms with Gasteiger partial charge in [0.05, 0.1) is 23.4 Å². The Balaban J connectivity index is 1.43. The second kappa shape index (κ2) is 6.84. The van der Waals surface area contributed by atoms with Crippen molar-refractivity contribution in [3.8, 4) is 11.4 Å². The third-order valence-electron chi connectivity index (χ3n) is 5.55. The Labute approximate surface area is 168 Å². The van der Waals surface area contributed by atoms with Gasteiger partial charge < -0.3 is 4.90 Å². The molecule has 4 heterocycles. The van der Waals surface area contributed by atoms with E-state index in [1.165, 1.54) is 5.56 Å². The third kappa shape index (κ3) is 2.99. The molecule has 1 aromatic carbocycles. The van der Waals surface area contributed by atoms with Crippen LogP contribution in [0.3, 0.4) is 0 Å². The number of benzene rings is 1. The predicted octanol–water partition coefficient (Wildman–Crippen LogP) is 3.05. The number of rotatable bonds is 3. The average molecular weight is 386 g/mol. The summed E-state index contributed by atoms with van der Waals surface area (Å²) in [7, 11) is 1.95. The van der Waals surface area contributed by atoms with E-state index < -0.39 is 0 Å². The summed E-state index contributed by atoms with van der Waals surface area (Å²) in [6.45, 7) is 4.09. The van der Waals surface area contributed by atoms with Crippen LogP contribution in [0.15, 0.2) is 48.8 Å². The summed E-state index contributed by atoms with van der Waals surface area (Å²) in [4.78, 5) is 19.3. The number of carbonyl (C=O) groups excluding carboxylic acids is 1. The highest BCUT2D eigenvalue weighted by Crippen LogP contribution is 2.29. The summed E-state index contributed by atoms with van der Waals surface area (Å²) in [6.07, 6.45) is 4.53. The van der Waals surface area contributed by atoms with E-state index in [1.807, 2.05) is 63.9 Å². The van der Waals surface area contributed by atoms with E-state index in [0.29, 0.717) is 18.7 Å². The van der Waals surface area contributed by atoms with Crippen molar-refractivity contribution in [1.29, 1.82) is 0 Å². The van der Waals surface area contributed by atoms with Gasteiger partial charge in [0, 0.05) is 49.0 Å². The maximum absolute atomic E-state index is 13.1. The second-order valence-electron chi connectivity index (χ2n) is 7.34. The van der Waals surface area contributed by atoms with Gasteiger partial charge in [-0.15, -0.1) is 0 Å². The first kappa shape index (κ1) is 17.6. The lowest BCUT2D eigenvalue weighted by Gasteiger charge is -2.26. The molecule has 1 aliphatic heterocycles. The number of hydrogen-bond donors (Lipinski definition) is 0. The zero-order valence-electron chi connectivity index (χ0n) is 16.5. The van der Waals surface area contributed by atoms with E-state index in [1.54, 1.807) is 6.20 Å². The number of carbonyl (C=O) groups is 1. The highest BCUT2D eigenvalue weighted by Gasteiger charge is 2.28. The Morgan fingerprint density at radius 3 is 2.90 bits per heavy atom. The minimum atomic E-state index is 0.0314. The van der Waals surface area contributed by atoms with Crippen molar-refractivity contribution in [2.45, 2.75) is 26.4 Å². The van der Waals surface area contributed by atoms with Crippen LogP contribution in [-0.2, 0) is 26.6 Å². The maximum Gasteiger partial charge on any atom is 0.254 e. The predicted molar refractivity (Wildman–Crippen MR) is 110 cm³/mol. The Morgan fingerprint density at radius 1 is 1.17 bits per heavy atom. The van der Waals surface area contributed by atoms with Gasteiger partial charge in [0.15, 0.2) is 0 Å². The lowest BCUT2D eigenvalue weighted by atomic mass is 10.0. The highest BCUT2D eigenvalue weighted by molar-refractivity contribution is 5.98. The molecule has 4 aromatic rings. The van der Waals surface area contributed by atoms with Crippen LogP contribution in [0.1, 0.15) is 28.5 Å². The van der Waals surface area contributed by atoms with Crippen LogP contribution in [-0.4, -0.2) is 41.9 Å². The standard InChI is InChI=1S/C22H22N6O/c1-3-28-12-9-19(25-28)21-17-8-11-27(14-20(17)24-26(21)2)22(29)16-6-7-18-15(13-16)5-4-10-23-18/h4-7,9-10,12-13H,3,8,11,14H2,1-2H3. The van der Waals surface area contributed by atoms with Crippen molar-refractivity contribution in [3.05, 3.63) is 65.6 Å². The first-order valence-corrected chi connectivity index (χ1v) is 9.86. The molecule has 0 unspecified atom stereocenters. The Hall–Kier alpha value is -3.48. The zero-order valence-corrected chi connectivity index (χ0v) is 16.5. The van der Waals surface area contributed by atoms with Gasteiger partial charge in [0.25, 0.3) is 5.91 Å². The minimum Gasteiger partial charge on any atom is -0.332 e. The lowest BCUT2D eigenvalue weighted by Crippen LogP contribution is -2.36. The Kier molecular flexibility index (Phi) is 4.16. The van der Waals surface area contributed by atoms with Gasteiger partial charge in [-0.1, -0.05) is 6.07 Å². The molecule has 7 heteroatoms. The smallest absolute Gasteiger partial charge is 0.254 e. The summed E-state index contributed by atoms with van der Waals surface area (Å²) >= 11 is 0. The van der Waals surface area contributed by atoms with Gasteiger partial charge in [-0.05, 0) is 43.7 Å². The van der Waals surface area contributed by atoms with E-state index >= 15 is 0 Å². The number of aryl methyl sites for hydroxylation is 2. The van der Waals surface area contributed by atoms with Gasteiger partial charge in [-0.25, -0.2) is 0 Å². The van der Waals surface area contributed by atoms with E-state index in [0.717, 1.165) is 41.0 Å². The van der Waals surface area contributed by atoms with Gasteiger partial charge in [0.1, 0.15) is 5.69 Å². The van der Waals surface area contributed by atoms with E-state index in [9.17, 15) is 4.79 Å². The molecule has 3 aromatic heterocycles. The molecule has 0 bridgehead atoms. The molecule has 0 atom stereocenters. The number of nitrogens with zero attached hydrogens (tertiary/aromatic N) is 6. The number of aromatic nitrogens is 5. The van der Waals surface area contributed by atoms with Gasteiger partial charge >= 0.3 is 0 Å². The quantitative estimate of drug-likeness (QED) is 0.543. The lowest BCUT2D eigenvalue weighted by molar-refractivity contribution is 0.0732. The van der Waals surface area contributed by atoms with Crippen molar-refractivity contribution in [1.82, 2.24) is 29.4 Å². The van der Waals surface area contributed by atoms with E-state index in [-0.39, 0.29) is 5.91 Å². The molecule has 0 aliphatic carbocycles. The van der Waals surface area contributed by atoms with Crippen molar-refractivity contribution < 1.29 is 4.79 Å². The van der Waals surface area contributed by atoms with Crippen LogP contribution in [0.4, 0.5) is 0 Å². The maximum atomic E-state index is 13.1. The fraction of sp³-hybridized carbons (Fsp3) is 0.273. The van der Waals surface area contributed by atoms with Crippen LogP contribution in [0.2, 0.25) is 0 Å². The zero-order chi connectivity index (χ0) is 20.0. The Bertz CT molecular complexity index is 1220. The van der Waals surface area contributed by atoms with Crippen LogP contribution >= 0.6 is 0 Å². The van der Waals surface area contributed by atoms with Gasteiger partial charge in [0.2, 0.25) is 0 Å². The molecule has 1 aliphatic rings. The molecule has 0 saturated heterocycles. The molecular formula is C22H22N6O. The molecule has 5 rings (SSSR count). The summed E-state index contributed by atoms with van der Waals surface area (Å²) in [5.74, 6) is 0.0314. The summed E-state index contributed by atoms with van der Waals surface area (Å²) in [6, 6.07) is 11.6. The fourth-order valence-electron chi connectivity index (χ4n) is 4.07. The summed E-state index contributed by atoms with van der Waals surface area (Å²) < 4.78 is 3.81. The average Bonchev–Trinajstić information content (AvgIpc) is 3.35. The largest absolute Gasteiger partial charge is 0.332 e. The van der Waals surface area contributed by atoms with Crippen LogP contribution in [0.25, 0.3) is 22.3 Å². The first-order chi connectivity index (χ1) is 14.1. The molecule has 0 saturated carbocycles. The number of amides is 1. The molecule has 0 spiro atoms. The molecule has 0 fully saturated rings. The van der Waals surface area contributed by atoms with Crippen LogP contribution in [0, 0.1) is 0 Å². The first-order valence-electron chi connectivity index (χ1n) is 9.86. The molecule has 0 N–H and O–H groups in total. The minimum absolute atomic E-state index is 0.0314. The van der Waals surface area contributed by atoms with Crippen molar-refractivity contribution in [2.75, 3.05) is 6.54 Å². The van der Waals surface area contributed by atoms with Crippen molar-refractivity contribution in [3.63, 3.8) is 0 Å². The Morgan fingerprint density at radius 2 is 2.07 bits per heavy atom. The third-order valence-corrected chi connectivity index (χ3v) is 5.55. The van der Waals surface area contributed by atoms with Crippen LogP contribution in [0.5, 0.6) is 0 Å². The van der Waals surface area contributed by atoms with Gasteiger partial charge in [-0.3, -0.25) is 19.1 Å². The van der Waals surface area contributed by atoms with Gasteiger partial charge in [-0.2, -0.15) is 10.2 Å². The molecular weight excluding hydrogens is 364 g/mol. The highest BCUT2D eigenvalue weighted by atomic mass is 16.2. The number of fused-ring (bicyclic) bond motifs is 2. The molecule has 146 valence electrons. The summed E-state index contributed by atoms with van der Waals surface area (Å²) in [5, 5.41) is 10.3. The number of hydrogen-bond acceptors (Lipinski definition) is 4.